The standard InChI is InChI=1S/C18H29ClN2/c1-4-18(3,21-12-7-6-8-13-21)17(20-5-2)15-10-9-11-16(19)14-15/h9-11,14,17,20H,4-8,12-13H2,1-3H3. The highest BCUT2D eigenvalue weighted by Crippen LogP contribution is 2.36. The van der Waals surface area contributed by atoms with E-state index in [0.717, 1.165) is 18.0 Å². The van der Waals surface area contributed by atoms with Crippen LogP contribution in [0, 0.1) is 0 Å². The Morgan fingerprint density at radius 1 is 1.24 bits per heavy atom. The molecule has 3 heteroatoms. The van der Waals surface area contributed by atoms with Crippen molar-refractivity contribution in [2.24, 2.45) is 0 Å². The Labute approximate surface area is 134 Å². The van der Waals surface area contributed by atoms with Crippen molar-refractivity contribution in [3.8, 4) is 0 Å². The Bertz CT molecular complexity index is 443. The summed E-state index contributed by atoms with van der Waals surface area (Å²) >= 11 is 6.23. The van der Waals surface area contributed by atoms with Gasteiger partial charge in [0.15, 0.2) is 0 Å². The quantitative estimate of drug-likeness (QED) is 0.823. The van der Waals surface area contributed by atoms with E-state index in [0.29, 0.717) is 6.04 Å². The predicted molar refractivity (Wildman–Crippen MR) is 92.0 cm³/mol. The van der Waals surface area contributed by atoms with E-state index in [9.17, 15) is 0 Å². The Morgan fingerprint density at radius 3 is 2.52 bits per heavy atom. The predicted octanol–water partition coefficient (Wildman–Crippen LogP) is 4.65. The maximum absolute atomic E-state index is 6.23. The molecule has 0 saturated carbocycles. The summed E-state index contributed by atoms with van der Waals surface area (Å²) in [6.45, 7) is 10.3. The van der Waals surface area contributed by atoms with E-state index in [1.165, 1.54) is 37.9 Å². The molecule has 1 N–H and O–H groups in total. The SMILES string of the molecule is CCNC(c1cccc(Cl)c1)C(C)(CC)N1CCCCC1. The van der Waals surface area contributed by atoms with E-state index >= 15 is 0 Å². The summed E-state index contributed by atoms with van der Waals surface area (Å²) in [6, 6.07) is 8.67. The molecule has 0 spiro atoms. The minimum absolute atomic E-state index is 0.140. The van der Waals surface area contributed by atoms with Gasteiger partial charge in [-0.15, -0.1) is 0 Å². The normalized spacial score (nSPS) is 21.0. The lowest BCUT2D eigenvalue weighted by Gasteiger charge is -2.48. The fraction of sp³-hybridized carbons (Fsp3) is 0.667. The second-order valence-electron chi connectivity index (χ2n) is 6.30. The minimum Gasteiger partial charge on any atom is -0.309 e. The van der Waals surface area contributed by atoms with Crippen LogP contribution in [-0.4, -0.2) is 30.1 Å². The number of nitrogens with zero attached hydrogens (tertiary/aromatic N) is 1. The molecule has 2 unspecified atom stereocenters. The maximum Gasteiger partial charge on any atom is 0.0504 e. The van der Waals surface area contributed by atoms with Crippen molar-refractivity contribution in [2.75, 3.05) is 19.6 Å². The molecule has 0 amide bonds. The molecule has 118 valence electrons. The first kappa shape index (κ1) is 16.8. The number of hydrogen-bond acceptors (Lipinski definition) is 2. The number of likely N-dealkylation sites (tertiary alicyclic amines) is 1. The molecule has 0 aromatic heterocycles. The van der Waals surface area contributed by atoms with Gasteiger partial charge < -0.3 is 5.32 Å². The zero-order valence-electron chi connectivity index (χ0n) is 13.7. The second-order valence-corrected chi connectivity index (χ2v) is 6.74. The van der Waals surface area contributed by atoms with Crippen LogP contribution in [0.2, 0.25) is 5.02 Å². The molecule has 1 fully saturated rings. The Morgan fingerprint density at radius 2 is 1.95 bits per heavy atom. The van der Waals surface area contributed by atoms with Crippen molar-refractivity contribution in [3.63, 3.8) is 0 Å². The molecular formula is C18H29ClN2. The molecule has 1 aromatic rings. The topological polar surface area (TPSA) is 15.3 Å². The van der Waals surface area contributed by atoms with Crippen molar-refractivity contribution in [2.45, 2.75) is 58.0 Å². The lowest BCUT2D eigenvalue weighted by Crippen LogP contribution is -2.55. The highest BCUT2D eigenvalue weighted by molar-refractivity contribution is 6.30. The Hall–Kier alpha value is -0.570. The van der Waals surface area contributed by atoms with Crippen LogP contribution in [0.15, 0.2) is 24.3 Å². The van der Waals surface area contributed by atoms with Crippen LogP contribution in [0.1, 0.15) is 58.1 Å². The smallest absolute Gasteiger partial charge is 0.0504 e. The third kappa shape index (κ3) is 3.80. The first-order chi connectivity index (χ1) is 10.1. The fourth-order valence-electron chi connectivity index (χ4n) is 3.60. The molecule has 2 atom stereocenters. The summed E-state index contributed by atoms with van der Waals surface area (Å²) in [5, 5.41) is 4.54. The van der Waals surface area contributed by atoms with Gasteiger partial charge in [-0.2, -0.15) is 0 Å². The van der Waals surface area contributed by atoms with Gasteiger partial charge in [0.05, 0.1) is 6.04 Å². The van der Waals surface area contributed by atoms with Crippen LogP contribution in [0.25, 0.3) is 0 Å². The van der Waals surface area contributed by atoms with E-state index < -0.39 is 0 Å². The van der Waals surface area contributed by atoms with Gasteiger partial charge in [0.2, 0.25) is 0 Å². The summed E-state index contributed by atoms with van der Waals surface area (Å²) in [4.78, 5) is 2.69. The number of piperidine rings is 1. The summed E-state index contributed by atoms with van der Waals surface area (Å²) in [5.41, 5.74) is 1.44. The van der Waals surface area contributed by atoms with Gasteiger partial charge in [0.25, 0.3) is 0 Å². The summed E-state index contributed by atoms with van der Waals surface area (Å²) in [7, 11) is 0. The van der Waals surface area contributed by atoms with Crippen LogP contribution >= 0.6 is 11.6 Å². The number of benzene rings is 1. The molecule has 0 bridgehead atoms. The van der Waals surface area contributed by atoms with Crippen LogP contribution in [0.4, 0.5) is 0 Å². The van der Waals surface area contributed by atoms with Crippen LogP contribution in [0.5, 0.6) is 0 Å². The van der Waals surface area contributed by atoms with Crippen molar-refractivity contribution in [3.05, 3.63) is 34.9 Å². The lowest BCUT2D eigenvalue weighted by atomic mass is 9.81. The molecule has 1 aliphatic heterocycles. The van der Waals surface area contributed by atoms with Crippen molar-refractivity contribution >= 4 is 11.6 Å². The van der Waals surface area contributed by atoms with Gasteiger partial charge in [-0.1, -0.05) is 44.0 Å². The average molecular weight is 309 g/mol. The molecule has 2 rings (SSSR count). The fourth-order valence-corrected chi connectivity index (χ4v) is 3.80. The number of halogens is 1. The zero-order valence-corrected chi connectivity index (χ0v) is 14.4. The van der Waals surface area contributed by atoms with Crippen LogP contribution < -0.4 is 5.32 Å². The van der Waals surface area contributed by atoms with Gasteiger partial charge in [-0.05, 0) is 63.5 Å². The number of nitrogens with one attached hydrogen (secondary N) is 1. The molecule has 0 radical (unpaired) electrons. The summed E-state index contributed by atoms with van der Waals surface area (Å²) in [6.07, 6.45) is 5.16. The van der Waals surface area contributed by atoms with E-state index in [1.54, 1.807) is 0 Å². The van der Waals surface area contributed by atoms with Gasteiger partial charge in [0.1, 0.15) is 0 Å². The van der Waals surface area contributed by atoms with Crippen LogP contribution in [0.3, 0.4) is 0 Å². The molecule has 1 aliphatic rings. The first-order valence-corrected chi connectivity index (χ1v) is 8.73. The minimum atomic E-state index is 0.140. The molecule has 2 nitrogen and oxygen atoms in total. The monoisotopic (exact) mass is 308 g/mol. The van der Waals surface area contributed by atoms with E-state index in [-0.39, 0.29) is 5.54 Å². The van der Waals surface area contributed by atoms with Gasteiger partial charge in [-0.3, -0.25) is 4.90 Å². The highest BCUT2D eigenvalue weighted by Gasteiger charge is 2.39. The third-order valence-electron chi connectivity index (χ3n) is 5.01. The number of rotatable bonds is 6. The Kier molecular flexibility index (Phi) is 6.09. The van der Waals surface area contributed by atoms with Crippen molar-refractivity contribution in [1.29, 1.82) is 0 Å². The van der Waals surface area contributed by atoms with Crippen LogP contribution in [-0.2, 0) is 0 Å². The summed E-state index contributed by atoms with van der Waals surface area (Å²) < 4.78 is 0. The van der Waals surface area contributed by atoms with E-state index in [2.05, 4.69) is 49.2 Å². The average Bonchev–Trinajstić information content (AvgIpc) is 2.52. The third-order valence-corrected chi connectivity index (χ3v) is 5.24. The van der Waals surface area contributed by atoms with Crippen molar-refractivity contribution < 1.29 is 0 Å². The molecular weight excluding hydrogens is 280 g/mol. The molecule has 1 aromatic carbocycles. The summed E-state index contributed by atoms with van der Waals surface area (Å²) in [5.74, 6) is 0. The molecule has 1 heterocycles. The zero-order chi connectivity index (χ0) is 15.3. The molecule has 21 heavy (non-hydrogen) atoms. The van der Waals surface area contributed by atoms with Gasteiger partial charge in [-0.25, -0.2) is 0 Å². The number of hydrogen-bond donors (Lipinski definition) is 1. The first-order valence-electron chi connectivity index (χ1n) is 8.35. The van der Waals surface area contributed by atoms with E-state index in [1.807, 2.05) is 6.07 Å². The second kappa shape index (κ2) is 7.62. The molecule has 1 saturated heterocycles. The molecule has 0 aliphatic carbocycles. The Balaban J connectivity index is 2.32. The maximum atomic E-state index is 6.23. The van der Waals surface area contributed by atoms with Crippen molar-refractivity contribution in [1.82, 2.24) is 10.2 Å². The van der Waals surface area contributed by atoms with Gasteiger partial charge in [0, 0.05) is 10.6 Å². The van der Waals surface area contributed by atoms with Gasteiger partial charge >= 0.3 is 0 Å². The lowest BCUT2D eigenvalue weighted by molar-refractivity contribution is 0.0429. The van der Waals surface area contributed by atoms with E-state index in [4.69, 9.17) is 11.6 Å². The number of likely N-dealkylation sites (N-methyl/N-ethyl adjacent to an activating group) is 1. The largest absolute Gasteiger partial charge is 0.309 e. The highest BCUT2D eigenvalue weighted by atomic mass is 35.5.